The van der Waals surface area contributed by atoms with E-state index in [1.165, 1.54) is 0 Å². The van der Waals surface area contributed by atoms with Crippen molar-refractivity contribution in [2.75, 3.05) is 6.61 Å². The van der Waals surface area contributed by atoms with E-state index in [1.807, 2.05) is 13.0 Å². The third-order valence-electron chi connectivity index (χ3n) is 2.28. The molecule has 0 aromatic rings. The predicted molar refractivity (Wildman–Crippen MR) is 39.5 cm³/mol. The van der Waals surface area contributed by atoms with Crippen molar-refractivity contribution in [3.63, 3.8) is 0 Å². The van der Waals surface area contributed by atoms with Crippen LogP contribution in [0.4, 0.5) is 0 Å². The second-order valence-corrected chi connectivity index (χ2v) is 2.92. The Bertz CT molecular complexity index is 175. The van der Waals surface area contributed by atoms with Crippen molar-refractivity contribution in [2.24, 2.45) is 5.92 Å². The quantitative estimate of drug-likeness (QED) is 0.648. The SMILES string of the molecule is CCC1CCOC1(O)CC#N. The summed E-state index contributed by atoms with van der Waals surface area (Å²) in [5, 5.41) is 18.1. The molecule has 0 saturated carbocycles. The van der Waals surface area contributed by atoms with Crippen molar-refractivity contribution in [1.29, 1.82) is 5.26 Å². The summed E-state index contributed by atoms with van der Waals surface area (Å²) in [6.45, 7) is 2.58. The molecule has 1 fully saturated rings. The number of aliphatic hydroxyl groups is 1. The zero-order valence-electron chi connectivity index (χ0n) is 6.71. The van der Waals surface area contributed by atoms with Gasteiger partial charge in [0.2, 0.25) is 0 Å². The zero-order valence-corrected chi connectivity index (χ0v) is 6.71. The predicted octanol–water partition coefficient (Wildman–Crippen LogP) is 1.04. The van der Waals surface area contributed by atoms with E-state index in [2.05, 4.69) is 0 Å². The van der Waals surface area contributed by atoms with Crippen LogP contribution >= 0.6 is 0 Å². The van der Waals surface area contributed by atoms with Crippen molar-refractivity contribution < 1.29 is 9.84 Å². The number of nitrogens with zero attached hydrogens (tertiary/aromatic N) is 1. The Labute approximate surface area is 66.6 Å². The fourth-order valence-corrected chi connectivity index (χ4v) is 1.55. The lowest BCUT2D eigenvalue weighted by Crippen LogP contribution is -2.34. The van der Waals surface area contributed by atoms with E-state index in [4.69, 9.17) is 10.00 Å². The normalized spacial score (nSPS) is 37.0. The molecule has 1 N–H and O–H groups in total. The first-order valence-corrected chi connectivity index (χ1v) is 3.96. The van der Waals surface area contributed by atoms with Crippen LogP contribution in [0.2, 0.25) is 0 Å². The Kier molecular flexibility index (Phi) is 2.48. The van der Waals surface area contributed by atoms with Crippen molar-refractivity contribution in [3.8, 4) is 6.07 Å². The summed E-state index contributed by atoms with van der Waals surface area (Å²) in [4.78, 5) is 0. The lowest BCUT2D eigenvalue weighted by atomic mass is 9.93. The number of rotatable bonds is 2. The van der Waals surface area contributed by atoms with Gasteiger partial charge in [0.05, 0.1) is 19.1 Å². The summed E-state index contributed by atoms with van der Waals surface area (Å²) in [6.07, 6.45) is 1.83. The Morgan fingerprint density at radius 1 is 1.82 bits per heavy atom. The van der Waals surface area contributed by atoms with E-state index in [0.29, 0.717) is 6.61 Å². The molecule has 1 saturated heterocycles. The summed E-state index contributed by atoms with van der Waals surface area (Å²) in [5.41, 5.74) is 0. The summed E-state index contributed by atoms with van der Waals surface area (Å²) >= 11 is 0. The Morgan fingerprint density at radius 2 is 2.55 bits per heavy atom. The number of hydrogen-bond acceptors (Lipinski definition) is 3. The van der Waals surface area contributed by atoms with Crippen LogP contribution in [0.1, 0.15) is 26.2 Å². The van der Waals surface area contributed by atoms with Crippen LogP contribution in [-0.2, 0) is 4.74 Å². The third-order valence-corrected chi connectivity index (χ3v) is 2.28. The molecule has 3 heteroatoms. The first-order chi connectivity index (χ1) is 5.23. The van der Waals surface area contributed by atoms with Crippen LogP contribution in [0.15, 0.2) is 0 Å². The molecule has 0 aliphatic carbocycles. The maximum Gasteiger partial charge on any atom is 0.181 e. The highest BCUT2D eigenvalue weighted by Crippen LogP contribution is 2.34. The summed E-state index contributed by atoms with van der Waals surface area (Å²) < 4.78 is 5.12. The highest BCUT2D eigenvalue weighted by molar-refractivity contribution is 4.90. The number of ether oxygens (including phenoxy) is 1. The number of hydrogen-bond donors (Lipinski definition) is 1. The first-order valence-electron chi connectivity index (χ1n) is 3.96. The van der Waals surface area contributed by atoms with E-state index in [-0.39, 0.29) is 12.3 Å². The second kappa shape index (κ2) is 3.21. The molecule has 3 nitrogen and oxygen atoms in total. The van der Waals surface area contributed by atoms with Crippen LogP contribution < -0.4 is 0 Å². The van der Waals surface area contributed by atoms with E-state index in [9.17, 15) is 5.11 Å². The molecule has 0 aromatic heterocycles. The van der Waals surface area contributed by atoms with Crippen LogP contribution in [0.3, 0.4) is 0 Å². The maximum atomic E-state index is 9.71. The number of nitriles is 1. The summed E-state index contributed by atoms with van der Waals surface area (Å²) in [5.74, 6) is -1.01. The van der Waals surface area contributed by atoms with E-state index in [0.717, 1.165) is 12.8 Å². The minimum atomic E-state index is -1.15. The van der Waals surface area contributed by atoms with E-state index in [1.54, 1.807) is 0 Å². The van der Waals surface area contributed by atoms with E-state index < -0.39 is 5.79 Å². The van der Waals surface area contributed by atoms with Gasteiger partial charge in [0.1, 0.15) is 0 Å². The highest BCUT2D eigenvalue weighted by atomic mass is 16.6. The Morgan fingerprint density at radius 3 is 3.09 bits per heavy atom. The molecule has 2 unspecified atom stereocenters. The average Bonchev–Trinajstić information content (AvgIpc) is 2.31. The van der Waals surface area contributed by atoms with Gasteiger partial charge in [0, 0.05) is 5.92 Å². The molecule has 62 valence electrons. The second-order valence-electron chi connectivity index (χ2n) is 2.92. The minimum absolute atomic E-state index is 0.0888. The van der Waals surface area contributed by atoms with E-state index >= 15 is 0 Å². The fraction of sp³-hybridized carbons (Fsp3) is 0.875. The molecule has 1 aliphatic rings. The van der Waals surface area contributed by atoms with Gasteiger partial charge in [-0.2, -0.15) is 5.26 Å². The van der Waals surface area contributed by atoms with Crippen molar-refractivity contribution >= 4 is 0 Å². The molecule has 11 heavy (non-hydrogen) atoms. The minimum Gasteiger partial charge on any atom is -0.364 e. The van der Waals surface area contributed by atoms with Gasteiger partial charge in [-0.05, 0) is 12.8 Å². The first kappa shape index (κ1) is 8.51. The summed E-state index contributed by atoms with van der Waals surface area (Å²) in [6, 6.07) is 1.94. The zero-order chi connectivity index (χ0) is 8.32. The van der Waals surface area contributed by atoms with Crippen LogP contribution in [0.5, 0.6) is 0 Å². The molecule has 0 amide bonds. The Balaban J connectivity index is 2.60. The van der Waals surface area contributed by atoms with Gasteiger partial charge in [0.25, 0.3) is 0 Å². The standard InChI is InChI=1S/C8H13NO2/c1-2-7-3-6-11-8(7,10)4-5-9/h7,10H,2-4,6H2,1H3. The van der Waals surface area contributed by atoms with Crippen LogP contribution in [0.25, 0.3) is 0 Å². The Hall–Kier alpha value is -0.590. The van der Waals surface area contributed by atoms with Gasteiger partial charge in [0.15, 0.2) is 5.79 Å². The smallest absolute Gasteiger partial charge is 0.181 e. The fourth-order valence-electron chi connectivity index (χ4n) is 1.55. The molecule has 0 aromatic carbocycles. The lowest BCUT2D eigenvalue weighted by molar-refractivity contribution is -0.190. The molecule has 0 radical (unpaired) electrons. The molecule has 0 spiro atoms. The molecule has 0 bridgehead atoms. The van der Waals surface area contributed by atoms with Gasteiger partial charge >= 0.3 is 0 Å². The third kappa shape index (κ3) is 1.52. The molecular weight excluding hydrogens is 142 g/mol. The van der Waals surface area contributed by atoms with Gasteiger partial charge in [-0.25, -0.2) is 0 Å². The van der Waals surface area contributed by atoms with Gasteiger partial charge in [-0.3, -0.25) is 0 Å². The van der Waals surface area contributed by atoms with Crippen LogP contribution in [-0.4, -0.2) is 17.5 Å². The average molecular weight is 155 g/mol. The van der Waals surface area contributed by atoms with Gasteiger partial charge in [-0.1, -0.05) is 6.92 Å². The molecule has 1 rings (SSSR count). The lowest BCUT2D eigenvalue weighted by Gasteiger charge is -2.24. The van der Waals surface area contributed by atoms with Crippen molar-refractivity contribution in [2.45, 2.75) is 32.0 Å². The van der Waals surface area contributed by atoms with Crippen molar-refractivity contribution in [1.82, 2.24) is 0 Å². The van der Waals surface area contributed by atoms with Gasteiger partial charge < -0.3 is 9.84 Å². The molecule has 2 atom stereocenters. The molecular formula is C8H13NO2. The summed E-state index contributed by atoms with van der Waals surface area (Å²) in [7, 11) is 0. The van der Waals surface area contributed by atoms with Crippen LogP contribution in [0, 0.1) is 17.2 Å². The highest BCUT2D eigenvalue weighted by Gasteiger charge is 2.41. The monoisotopic (exact) mass is 155 g/mol. The largest absolute Gasteiger partial charge is 0.364 e. The topological polar surface area (TPSA) is 53.2 Å². The molecule has 1 aliphatic heterocycles. The van der Waals surface area contributed by atoms with Gasteiger partial charge in [-0.15, -0.1) is 0 Å². The van der Waals surface area contributed by atoms with Crippen molar-refractivity contribution in [3.05, 3.63) is 0 Å². The maximum absolute atomic E-state index is 9.71. The molecule has 1 heterocycles.